The maximum atomic E-state index is 12.1. The lowest BCUT2D eigenvalue weighted by Gasteiger charge is -2.31. The molecule has 0 unspecified atom stereocenters. The number of benzene rings is 1. The van der Waals surface area contributed by atoms with Gasteiger partial charge in [0.15, 0.2) is 0 Å². The van der Waals surface area contributed by atoms with Crippen LogP contribution in [0.15, 0.2) is 28.8 Å². The number of carbonyl (C=O) groups excluding carboxylic acids is 1. The van der Waals surface area contributed by atoms with Crippen LogP contribution in [-0.4, -0.2) is 47.8 Å². The van der Waals surface area contributed by atoms with Gasteiger partial charge in [-0.15, -0.1) is 0 Å². The molecule has 0 saturated carbocycles. The summed E-state index contributed by atoms with van der Waals surface area (Å²) in [5, 5.41) is 4.02. The van der Waals surface area contributed by atoms with Crippen molar-refractivity contribution >= 4 is 5.91 Å². The summed E-state index contributed by atoms with van der Waals surface area (Å²) in [5.41, 5.74) is 0.810. The highest BCUT2D eigenvalue weighted by Gasteiger charge is 2.28. The summed E-state index contributed by atoms with van der Waals surface area (Å²) in [6.07, 6.45) is 1.04. The first-order valence-corrected chi connectivity index (χ1v) is 8.08. The van der Waals surface area contributed by atoms with E-state index in [2.05, 4.69) is 10.1 Å². The molecule has 1 aromatic carbocycles. The molecular formula is C17H21N3O4. The maximum absolute atomic E-state index is 12.1. The molecule has 1 aliphatic heterocycles. The molecule has 2 aromatic rings. The molecule has 7 heteroatoms. The highest BCUT2D eigenvalue weighted by molar-refractivity contribution is 5.76. The molecule has 3 rings (SSSR count). The van der Waals surface area contributed by atoms with Crippen LogP contribution >= 0.6 is 0 Å². The summed E-state index contributed by atoms with van der Waals surface area (Å²) in [6.45, 7) is 3.54. The lowest BCUT2D eigenvalue weighted by Crippen LogP contribution is -2.42. The van der Waals surface area contributed by atoms with Gasteiger partial charge in [-0.1, -0.05) is 12.1 Å². The molecule has 1 aromatic heterocycles. The molecule has 24 heavy (non-hydrogen) atoms. The lowest BCUT2D eigenvalue weighted by atomic mass is 10.2. The van der Waals surface area contributed by atoms with Crippen LogP contribution in [0, 0.1) is 0 Å². The van der Waals surface area contributed by atoms with E-state index >= 15 is 0 Å². The Hall–Kier alpha value is -2.41. The number of carbonyl (C=O) groups is 1. The van der Waals surface area contributed by atoms with Crippen molar-refractivity contribution in [2.45, 2.75) is 25.9 Å². The van der Waals surface area contributed by atoms with E-state index in [1.165, 1.54) is 0 Å². The number of rotatable bonds is 5. The van der Waals surface area contributed by atoms with Crippen molar-refractivity contribution in [1.82, 2.24) is 15.0 Å². The first kappa shape index (κ1) is 16.4. The van der Waals surface area contributed by atoms with Gasteiger partial charge in [0.05, 0.1) is 20.3 Å². The van der Waals surface area contributed by atoms with Gasteiger partial charge in [0.1, 0.15) is 11.9 Å². The van der Waals surface area contributed by atoms with Gasteiger partial charge < -0.3 is 18.9 Å². The van der Waals surface area contributed by atoms with Crippen LogP contribution in [0.2, 0.25) is 0 Å². The highest BCUT2D eigenvalue weighted by atomic mass is 16.5. The molecule has 0 spiro atoms. The van der Waals surface area contributed by atoms with E-state index in [4.69, 9.17) is 14.0 Å². The Bertz CT molecular complexity index is 683. The molecule has 0 N–H and O–H groups in total. The molecule has 0 bridgehead atoms. The number of morpholine rings is 1. The number of hydrogen-bond acceptors (Lipinski definition) is 6. The Balaban J connectivity index is 1.71. The number of amides is 1. The zero-order valence-electron chi connectivity index (χ0n) is 13.9. The maximum Gasteiger partial charge on any atom is 0.258 e. The Labute approximate surface area is 140 Å². The molecule has 2 heterocycles. The van der Waals surface area contributed by atoms with E-state index in [-0.39, 0.29) is 12.0 Å². The number of nitrogens with zero attached hydrogens (tertiary/aromatic N) is 3. The minimum absolute atomic E-state index is 0.143. The van der Waals surface area contributed by atoms with E-state index in [1.54, 1.807) is 12.0 Å². The van der Waals surface area contributed by atoms with Crippen LogP contribution < -0.4 is 4.74 Å². The first-order chi connectivity index (χ1) is 11.7. The molecule has 0 radical (unpaired) electrons. The van der Waals surface area contributed by atoms with Gasteiger partial charge in [0.2, 0.25) is 11.7 Å². The predicted octanol–water partition coefficient (Wildman–Crippen LogP) is 2.45. The van der Waals surface area contributed by atoms with Gasteiger partial charge in [0, 0.05) is 18.5 Å². The average molecular weight is 331 g/mol. The smallest absolute Gasteiger partial charge is 0.258 e. The van der Waals surface area contributed by atoms with Crippen LogP contribution in [-0.2, 0) is 9.53 Å². The first-order valence-electron chi connectivity index (χ1n) is 8.08. The summed E-state index contributed by atoms with van der Waals surface area (Å²) < 4.78 is 16.2. The van der Waals surface area contributed by atoms with Crippen molar-refractivity contribution < 1.29 is 18.8 Å². The fourth-order valence-corrected chi connectivity index (χ4v) is 2.62. The summed E-state index contributed by atoms with van der Waals surface area (Å²) in [6, 6.07) is 7.38. The summed E-state index contributed by atoms with van der Waals surface area (Å²) in [4.78, 5) is 18.3. The minimum Gasteiger partial charge on any atom is -0.497 e. The molecule has 1 fully saturated rings. The molecule has 7 nitrogen and oxygen atoms in total. The van der Waals surface area contributed by atoms with Gasteiger partial charge in [-0.05, 0) is 30.7 Å². The van der Waals surface area contributed by atoms with Crippen LogP contribution in [0.1, 0.15) is 31.7 Å². The summed E-state index contributed by atoms with van der Waals surface area (Å²) >= 11 is 0. The van der Waals surface area contributed by atoms with Crippen molar-refractivity contribution in [3.8, 4) is 17.2 Å². The second kappa shape index (κ2) is 7.44. The summed E-state index contributed by atoms with van der Waals surface area (Å²) in [7, 11) is 1.62. The van der Waals surface area contributed by atoms with Crippen molar-refractivity contribution in [2.75, 3.05) is 26.8 Å². The third-order valence-electron chi connectivity index (χ3n) is 3.95. The number of methoxy groups -OCH3 is 1. The average Bonchev–Trinajstić information content (AvgIpc) is 3.12. The molecule has 1 aliphatic rings. The number of hydrogen-bond donors (Lipinski definition) is 0. The van der Waals surface area contributed by atoms with Crippen LogP contribution in [0.5, 0.6) is 5.75 Å². The van der Waals surface area contributed by atoms with E-state index in [0.29, 0.717) is 37.8 Å². The van der Waals surface area contributed by atoms with Gasteiger partial charge in [-0.3, -0.25) is 4.79 Å². The van der Waals surface area contributed by atoms with Crippen molar-refractivity contribution in [3.63, 3.8) is 0 Å². The summed E-state index contributed by atoms with van der Waals surface area (Å²) in [5.74, 6) is 1.80. The van der Waals surface area contributed by atoms with E-state index in [0.717, 1.165) is 17.7 Å². The fourth-order valence-electron chi connectivity index (χ4n) is 2.62. The zero-order chi connectivity index (χ0) is 16.9. The third-order valence-corrected chi connectivity index (χ3v) is 3.95. The quantitative estimate of drug-likeness (QED) is 0.837. The Morgan fingerprint density at radius 2 is 2.17 bits per heavy atom. The molecule has 1 saturated heterocycles. The highest BCUT2D eigenvalue weighted by Crippen LogP contribution is 2.25. The topological polar surface area (TPSA) is 77.7 Å². The zero-order valence-corrected chi connectivity index (χ0v) is 13.9. The van der Waals surface area contributed by atoms with E-state index < -0.39 is 0 Å². The SMILES string of the molecule is CCCC(=O)N1CCO[C@H](c2noc(-c3ccc(OC)cc3)n2)C1. The third kappa shape index (κ3) is 3.56. The van der Waals surface area contributed by atoms with Crippen LogP contribution in [0.3, 0.4) is 0 Å². The predicted molar refractivity (Wildman–Crippen MR) is 86.5 cm³/mol. The molecule has 1 atom stereocenters. The Kier molecular flexibility index (Phi) is 5.10. The fraction of sp³-hybridized carbons (Fsp3) is 0.471. The normalized spacial score (nSPS) is 17.8. The second-order valence-corrected chi connectivity index (χ2v) is 5.64. The Morgan fingerprint density at radius 3 is 2.88 bits per heavy atom. The van der Waals surface area contributed by atoms with Crippen molar-refractivity contribution in [1.29, 1.82) is 0 Å². The van der Waals surface area contributed by atoms with Crippen LogP contribution in [0.4, 0.5) is 0 Å². The van der Waals surface area contributed by atoms with E-state index in [9.17, 15) is 4.79 Å². The number of ether oxygens (including phenoxy) is 2. The van der Waals surface area contributed by atoms with Gasteiger partial charge in [0.25, 0.3) is 5.89 Å². The monoisotopic (exact) mass is 331 g/mol. The number of aromatic nitrogens is 2. The van der Waals surface area contributed by atoms with Gasteiger partial charge in [-0.2, -0.15) is 4.98 Å². The lowest BCUT2D eigenvalue weighted by molar-refractivity contribution is -0.139. The minimum atomic E-state index is -0.352. The second-order valence-electron chi connectivity index (χ2n) is 5.64. The standard InChI is InChI=1S/C17H21N3O4/c1-3-4-15(21)20-9-10-23-14(11-20)16-18-17(24-19-16)12-5-7-13(22-2)8-6-12/h5-8,14H,3-4,9-11H2,1-2H3/t14-/m0/s1. The molecular weight excluding hydrogens is 310 g/mol. The molecule has 1 amide bonds. The largest absolute Gasteiger partial charge is 0.497 e. The van der Waals surface area contributed by atoms with Gasteiger partial charge in [-0.25, -0.2) is 0 Å². The van der Waals surface area contributed by atoms with Crippen molar-refractivity contribution in [2.24, 2.45) is 0 Å². The molecule has 128 valence electrons. The van der Waals surface area contributed by atoms with Gasteiger partial charge >= 0.3 is 0 Å². The van der Waals surface area contributed by atoms with Crippen LogP contribution in [0.25, 0.3) is 11.5 Å². The Morgan fingerprint density at radius 1 is 1.38 bits per heavy atom. The molecule has 0 aliphatic carbocycles. The van der Waals surface area contributed by atoms with E-state index in [1.807, 2.05) is 31.2 Å². The van der Waals surface area contributed by atoms with Crippen molar-refractivity contribution in [3.05, 3.63) is 30.1 Å².